The highest BCUT2D eigenvalue weighted by Gasteiger charge is 2.43. The molecule has 1 aromatic heterocycles. The quantitative estimate of drug-likeness (QED) is 0.223. The number of nitrogens with one attached hydrogen (secondary N) is 2. The predicted molar refractivity (Wildman–Crippen MR) is 159 cm³/mol. The second-order valence-electron chi connectivity index (χ2n) is 11.4. The number of benzene rings is 2. The summed E-state index contributed by atoms with van der Waals surface area (Å²) in [6.45, 7) is 1.25. The van der Waals surface area contributed by atoms with Gasteiger partial charge in [0.1, 0.15) is 11.4 Å². The molecule has 2 aliphatic heterocycles. The number of aliphatic hydroxyl groups excluding tert-OH is 1. The number of alkyl halides is 3. The van der Waals surface area contributed by atoms with Crippen molar-refractivity contribution in [1.82, 2.24) is 14.9 Å². The van der Waals surface area contributed by atoms with E-state index in [0.29, 0.717) is 67.7 Å². The van der Waals surface area contributed by atoms with Crippen LogP contribution >= 0.6 is 7.94 Å². The number of anilines is 4. The van der Waals surface area contributed by atoms with Gasteiger partial charge < -0.3 is 20.6 Å². The average Bonchev–Trinajstić information content (AvgIpc) is 3.28. The third kappa shape index (κ3) is 6.52. The fraction of sp³-hybridized carbons (Fsp3) is 0.433. The second kappa shape index (κ2) is 12.2. The topological polar surface area (TPSA) is 129 Å². The number of rotatable bonds is 7. The molecule has 44 heavy (non-hydrogen) atoms. The van der Waals surface area contributed by atoms with Gasteiger partial charge >= 0.3 is 14.1 Å². The Hall–Kier alpha value is -3.35. The second-order valence-corrected chi connectivity index (χ2v) is 13.5. The highest BCUT2D eigenvalue weighted by Crippen LogP contribution is 2.61. The maximum absolute atomic E-state index is 13.9. The molecule has 0 radical (unpaired) electrons. The van der Waals surface area contributed by atoms with E-state index in [0.717, 1.165) is 24.0 Å². The van der Waals surface area contributed by atoms with E-state index < -0.39 is 25.5 Å². The van der Waals surface area contributed by atoms with Crippen molar-refractivity contribution in [2.75, 3.05) is 30.9 Å². The summed E-state index contributed by atoms with van der Waals surface area (Å²) in [5, 5.41) is 15.7. The van der Waals surface area contributed by atoms with Crippen LogP contribution in [0.25, 0.3) is 0 Å². The first-order valence-electron chi connectivity index (χ1n) is 14.6. The first-order chi connectivity index (χ1) is 21.0. The van der Waals surface area contributed by atoms with Crippen LogP contribution in [0.5, 0.6) is 0 Å². The Balaban J connectivity index is 1.25. The van der Waals surface area contributed by atoms with Crippen LogP contribution in [0.1, 0.15) is 70.6 Å². The Bertz CT molecular complexity index is 1530. The van der Waals surface area contributed by atoms with Crippen molar-refractivity contribution >= 4 is 37.0 Å². The number of carbonyl (C=O) groups excluding carboxylic acids is 1. The molecule has 4 N–H and O–H groups in total. The molecule has 0 spiro atoms. The van der Waals surface area contributed by atoms with E-state index in [9.17, 15) is 28.0 Å². The van der Waals surface area contributed by atoms with Gasteiger partial charge in [-0.1, -0.05) is 18.2 Å². The number of hydrogen-bond donors (Lipinski definition) is 4. The van der Waals surface area contributed by atoms with Crippen LogP contribution in [0, 0.1) is 0 Å². The summed E-state index contributed by atoms with van der Waals surface area (Å²) in [6.07, 6.45) is -0.402. The summed E-state index contributed by atoms with van der Waals surface area (Å²) < 4.78 is 52.7. The molecule has 2 aromatic carbocycles. The number of nitrogens with zero attached hydrogens (tertiary/aromatic N) is 3. The zero-order valence-electron chi connectivity index (χ0n) is 24.1. The Labute approximate surface area is 253 Å². The summed E-state index contributed by atoms with van der Waals surface area (Å²) >= 11 is 0. The molecule has 10 nitrogen and oxygen atoms in total. The standard InChI is InChI=1S/C30H33F3N5O5P/c1-38-16-23-22(19-5-9-21(39)10-6-19)11-12-25(26(23)28(38)40)36-29-34-15-24(30(31,32)33)27(37-29)35-20-7-3-18(4-8-20)17-44(41)42-13-2-14-43-44/h3-4,7-8,11-12,15,19,21,39,41H,2,5-6,9-10,13-14,16-17H2,1H3,(H-,34,35,36,37,40)/p+1. The minimum atomic E-state index is -4.72. The molecule has 234 valence electrons. The molecule has 6 rings (SSSR count). The highest BCUT2D eigenvalue weighted by molar-refractivity contribution is 7.59. The van der Waals surface area contributed by atoms with Crippen LogP contribution in [0.3, 0.4) is 0 Å². The monoisotopic (exact) mass is 632 g/mol. The highest BCUT2D eigenvalue weighted by atomic mass is 31.2. The van der Waals surface area contributed by atoms with Crippen molar-refractivity contribution < 1.29 is 37.0 Å². The van der Waals surface area contributed by atoms with Gasteiger partial charge in [0.2, 0.25) is 5.95 Å². The summed E-state index contributed by atoms with van der Waals surface area (Å²) in [6, 6.07) is 10.2. The van der Waals surface area contributed by atoms with Crippen molar-refractivity contribution in [3.63, 3.8) is 0 Å². The Kier molecular flexibility index (Phi) is 8.51. The minimum absolute atomic E-state index is 0.103. The van der Waals surface area contributed by atoms with Gasteiger partial charge in [0.05, 0.1) is 30.6 Å². The Morgan fingerprint density at radius 2 is 1.75 bits per heavy atom. The number of amides is 1. The molecule has 14 heteroatoms. The lowest BCUT2D eigenvalue weighted by atomic mass is 9.80. The van der Waals surface area contributed by atoms with Gasteiger partial charge in [-0.05, 0) is 66.5 Å². The zero-order valence-corrected chi connectivity index (χ0v) is 25.0. The van der Waals surface area contributed by atoms with E-state index >= 15 is 0 Å². The Morgan fingerprint density at radius 1 is 1.05 bits per heavy atom. The maximum atomic E-state index is 13.9. The Morgan fingerprint density at radius 3 is 2.43 bits per heavy atom. The van der Waals surface area contributed by atoms with Crippen LogP contribution in [0.2, 0.25) is 0 Å². The predicted octanol–water partition coefficient (Wildman–Crippen LogP) is 6.28. The van der Waals surface area contributed by atoms with Gasteiger partial charge in [-0.25, -0.2) is 4.98 Å². The molecule has 2 fully saturated rings. The molecule has 3 aromatic rings. The number of hydrogen-bond acceptors (Lipinski definition) is 9. The lowest BCUT2D eigenvalue weighted by molar-refractivity contribution is -0.137. The van der Waals surface area contributed by atoms with Gasteiger partial charge in [-0.3, -0.25) is 4.79 Å². The molecule has 1 saturated heterocycles. The third-order valence-electron chi connectivity index (χ3n) is 8.26. The molecular formula is C30H34F3N5O5P+. The van der Waals surface area contributed by atoms with E-state index in [1.54, 1.807) is 42.3 Å². The van der Waals surface area contributed by atoms with Crippen molar-refractivity contribution in [3.8, 4) is 0 Å². The smallest absolute Gasteiger partial charge is 0.393 e. The number of fused-ring (bicyclic) bond motifs is 1. The fourth-order valence-corrected chi connectivity index (χ4v) is 7.74. The van der Waals surface area contributed by atoms with Gasteiger partial charge in [-0.2, -0.15) is 32.1 Å². The summed E-state index contributed by atoms with van der Waals surface area (Å²) in [5.41, 5.74) is 2.82. The van der Waals surface area contributed by atoms with Crippen molar-refractivity contribution in [1.29, 1.82) is 0 Å². The summed E-state index contributed by atoms with van der Waals surface area (Å²) in [4.78, 5) is 33.4. The van der Waals surface area contributed by atoms with Gasteiger partial charge in [-0.15, -0.1) is 0 Å². The molecule has 1 saturated carbocycles. The van der Waals surface area contributed by atoms with E-state index in [4.69, 9.17) is 9.05 Å². The van der Waals surface area contributed by atoms with Crippen LogP contribution in [-0.2, 0) is 27.9 Å². The van der Waals surface area contributed by atoms with Gasteiger partial charge in [0.25, 0.3) is 5.91 Å². The number of carbonyl (C=O) groups is 1. The SMILES string of the molecule is CN1Cc2c(C3CCC(O)CC3)ccc(Nc3ncc(C(F)(F)F)c(Nc4ccc(C[P+]5(O)OCCCO5)cc4)n3)c2C1=O. The molecule has 3 heterocycles. The summed E-state index contributed by atoms with van der Waals surface area (Å²) in [7, 11) is -1.29. The molecule has 1 amide bonds. The third-order valence-corrected chi connectivity index (χ3v) is 10.2. The van der Waals surface area contributed by atoms with Crippen LogP contribution < -0.4 is 10.6 Å². The summed E-state index contributed by atoms with van der Waals surface area (Å²) in [5.74, 6) is -0.529. The maximum Gasteiger partial charge on any atom is 0.421 e. The average molecular weight is 633 g/mol. The number of halogens is 3. The molecule has 0 bridgehead atoms. The zero-order chi connectivity index (χ0) is 31.1. The normalized spacial score (nSPS) is 21.7. The fourth-order valence-electron chi connectivity index (χ4n) is 5.98. The molecule has 0 unspecified atom stereocenters. The van der Waals surface area contributed by atoms with E-state index in [-0.39, 0.29) is 30.0 Å². The lowest BCUT2D eigenvalue weighted by Gasteiger charge is -2.27. The van der Waals surface area contributed by atoms with Crippen LogP contribution in [0.15, 0.2) is 42.6 Å². The lowest BCUT2D eigenvalue weighted by Crippen LogP contribution is -2.18. The van der Waals surface area contributed by atoms with Crippen molar-refractivity contribution in [2.24, 2.45) is 0 Å². The van der Waals surface area contributed by atoms with Crippen molar-refractivity contribution in [3.05, 3.63) is 70.4 Å². The first kappa shape index (κ1) is 30.7. The van der Waals surface area contributed by atoms with Crippen LogP contribution in [0.4, 0.5) is 36.3 Å². The first-order valence-corrected chi connectivity index (χ1v) is 16.3. The number of aliphatic hydroxyl groups is 1. The molecule has 3 aliphatic rings. The molecule has 0 atom stereocenters. The van der Waals surface area contributed by atoms with Crippen LogP contribution in [-0.4, -0.2) is 57.1 Å². The molecular weight excluding hydrogens is 598 g/mol. The van der Waals surface area contributed by atoms with E-state index in [1.165, 1.54) is 0 Å². The van der Waals surface area contributed by atoms with Gasteiger partial charge in [0, 0.05) is 31.9 Å². The largest absolute Gasteiger partial charge is 0.421 e. The van der Waals surface area contributed by atoms with E-state index in [2.05, 4.69) is 20.6 Å². The van der Waals surface area contributed by atoms with Crippen molar-refractivity contribution in [2.45, 2.75) is 63.0 Å². The molecule has 1 aliphatic carbocycles. The van der Waals surface area contributed by atoms with Gasteiger partial charge in [0.15, 0.2) is 6.16 Å². The van der Waals surface area contributed by atoms with E-state index in [1.807, 2.05) is 6.07 Å². The minimum Gasteiger partial charge on any atom is -0.393 e. The number of aromatic nitrogens is 2.